The highest BCUT2D eigenvalue weighted by atomic mass is 16.2. The number of aryl methyl sites for hydroxylation is 1. The van der Waals surface area contributed by atoms with Crippen LogP contribution in [0.2, 0.25) is 0 Å². The van der Waals surface area contributed by atoms with E-state index in [1.165, 1.54) is 5.56 Å². The summed E-state index contributed by atoms with van der Waals surface area (Å²) in [5.41, 5.74) is 2.18. The van der Waals surface area contributed by atoms with Crippen LogP contribution in [-0.2, 0) is 4.79 Å². The molecule has 1 aliphatic rings. The van der Waals surface area contributed by atoms with Gasteiger partial charge in [0.05, 0.1) is 0 Å². The minimum atomic E-state index is -0.243. The lowest BCUT2D eigenvalue weighted by Crippen LogP contribution is -2.52. The number of hydrogen-bond acceptors (Lipinski definition) is 5. The van der Waals surface area contributed by atoms with Crippen LogP contribution in [0.25, 0.3) is 0 Å². The largest absolute Gasteiger partial charge is 0.374 e. The third-order valence-electron chi connectivity index (χ3n) is 4.23. The zero-order valence-electron chi connectivity index (χ0n) is 14.1. The van der Waals surface area contributed by atoms with E-state index in [1.54, 1.807) is 12.4 Å². The molecule has 1 aromatic heterocycles. The third-order valence-corrected chi connectivity index (χ3v) is 4.23. The van der Waals surface area contributed by atoms with Gasteiger partial charge in [-0.15, -0.1) is 0 Å². The van der Waals surface area contributed by atoms with Crippen LogP contribution in [0, 0.1) is 6.92 Å². The van der Waals surface area contributed by atoms with Crippen LogP contribution in [0.15, 0.2) is 42.7 Å². The maximum Gasteiger partial charge on any atom is 0.244 e. The molecule has 6 nitrogen and oxygen atoms in total. The first-order valence-corrected chi connectivity index (χ1v) is 8.27. The summed E-state index contributed by atoms with van der Waals surface area (Å²) >= 11 is 0. The molecule has 1 N–H and O–H groups in total. The molecule has 6 heteroatoms. The molecule has 2 aromatic rings. The maximum atomic E-state index is 12.6. The number of aromatic nitrogens is 2. The molecule has 1 aromatic carbocycles. The van der Waals surface area contributed by atoms with Crippen molar-refractivity contribution >= 4 is 17.5 Å². The Bertz CT molecular complexity index is 666. The van der Waals surface area contributed by atoms with E-state index >= 15 is 0 Å². The summed E-state index contributed by atoms with van der Waals surface area (Å²) in [6.45, 7) is 6.86. The van der Waals surface area contributed by atoms with Gasteiger partial charge in [0.15, 0.2) is 0 Å². The first-order valence-electron chi connectivity index (χ1n) is 8.27. The number of benzene rings is 1. The molecule has 0 radical (unpaired) electrons. The Morgan fingerprint density at radius 3 is 2.33 bits per heavy atom. The number of amides is 1. The summed E-state index contributed by atoms with van der Waals surface area (Å²) in [6, 6.07) is 9.65. The van der Waals surface area contributed by atoms with Gasteiger partial charge in [-0.3, -0.25) is 4.79 Å². The second-order valence-electron chi connectivity index (χ2n) is 6.09. The number of nitrogens with zero attached hydrogens (tertiary/aromatic N) is 4. The third kappa shape index (κ3) is 3.82. The zero-order chi connectivity index (χ0) is 16.9. The normalized spacial score (nSPS) is 15.9. The van der Waals surface area contributed by atoms with Crippen LogP contribution in [0.4, 0.5) is 11.6 Å². The van der Waals surface area contributed by atoms with Crippen LogP contribution < -0.4 is 10.2 Å². The molecule has 0 bridgehead atoms. The summed E-state index contributed by atoms with van der Waals surface area (Å²) in [4.78, 5) is 25.2. The van der Waals surface area contributed by atoms with Gasteiger partial charge in [-0.1, -0.05) is 17.7 Å². The Balaban J connectivity index is 1.53. The standard InChI is InChI=1S/C18H23N5O/c1-14-4-6-16(7-5-14)21-15(2)17(24)22-10-12-23(13-11-22)18-19-8-3-9-20-18/h3-9,15,21H,10-13H2,1-2H3. The number of carbonyl (C=O) groups excluding carboxylic acids is 1. The molecular formula is C18H23N5O. The van der Waals surface area contributed by atoms with Gasteiger partial charge in [0.25, 0.3) is 0 Å². The predicted molar refractivity (Wildman–Crippen MR) is 95.1 cm³/mol. The first kappa shape index (κ1) is 16.2. The fourth-order valence-corrected chi connectivity index (χ4v) is 2.82. The lowest BCUT2D eigenvalue weighted by Gasteiger charge is -2.36. The Morgan fingerprint density at radius 1 is 1.08 bits per heavy atom. The second-order valence-corrected chi connectivity index (χ2v) is 6.09. The highest BCUT2D eigenvalue weighted by molar-refractivity contribution is 5.84. The van der Waals surface area contributed by atoms with E-state index in [1.807, 2.05) is 49.1 Å². The molecule has 1 fully saturated rings. The summed E-state index contributed by atoms with van der Waals surface area (Å²) in [6.07, 6.45) is 3.49. The highest BCUT2D eigenvalue weighted by Gasteiger charge is 2.25. The van der Waals surface area contributed by atoms with Crippen LogP contribution in [0.5, 0.6) is 0 Å². The Morgan fingerprint density at radius 2 is 1.71 bits per heavy atom. The lowest BCUT2D eigenvalue weighted by molar-refractivity contribution is -0.131. The molecule has 0 saturated carbocycles. The van der Waals surface area contributed by atoms with Gasteiger partial charge in [-0.25, -0.2) is 9.97 Å². The predicted octanol–water partition coefficient (Wildman–Crippen LogP) is 1.93. The van der Waals surface area contributed by atoms with Crippen LogP contribution in [0.1, 0.15) is 12.5 Å². The van der Waals surface area contributed by atoms with Crippen molar-refractivity contribution in [1.29, 1.82) is 0 Å². The van der Waals surface area contributed by atoms with Crippen molar-refractivity contribution in [3.63, 3.8) is 0 Å². The Hall–Kier alpha value is -2.63. The van der Waals surface area contributed by atoms with Gasteiger partial charge in [-0.05, 0) is 32.0 Å². The van der Waals surface area contributed by atoms with E-state index in [4.69, 9.17) is 0 Å². The van der Waals surface area contributed by atoms with E-state index in [9.17, 15) is 4.79 Å². The molecule has 0 spiro atoms. The molecule has 1 amide bonds. The van der Waals surface area contributed by atoms with Crippen molar-refractivity contribution in [3.05, 3.63) is 48.3 Å². The summed E-state index contributed by atoms with van der Waals surface area (Å²) < 4.78 is 0. The molecule has 2 heterocycles. The summed E-state index contributed by atoms with van der Waals surface area (Å²) in [5.74, 6) is 0.861. The molecule has 126 valence electrons. The smallest absolute Gasteiger partial charge is 0.244 e. The van der Waals surface area contributed by atoms with E-state index in [-0.39, 0.29) is 11.9 Å². The van der Waals surface area contributed by atoms with Gasteiger partial charge >= 0.3 is 0 Å². The number of piperazine rings is 1. The number of hydrogen-bond donors (Lipinski definition) is 1. The van der Waals surface area contributed by atoms with Gasteiger partial charge in [0.1, 0.15) is 6.04 Å². The van der Waals surface area contributed by atoms with Crippen LogP contribution in [0.3, 0.4) is 0 Å². The minimum absolute atomic E-state index is 0.129. The molecule has 1 aliphatic heterocycles. The Labute approximate surface area is 142 Å². The first-order chi connectivity index (χ1) is 11.6. The highest BCUT2D eigenvalue weighted by Crippen LogP contribution is 2.13. The van der Waals surface area contributed by atoms with Gasteiger partial charge in [0.2, 0.25) is 11.9 Å². The summed E-state index contributed by atoms with van der Waals surface area (Å²) in [5, 5.41) is 3.28. The van der Waals surface area contributed by atoms with Crippen molar-refractivity contribution in [3.8, 4) is 0 Å². The maximum absolute atomic E-state index is 12.6. The molecule has 0 aliphatic carbocycles. The quantitative estimate of drug-likeness (QED) is 0.931. The average molecular weight is 325 g/mol. The van der Waals surface area contributed by atoms with Crippen molar-refractivity contribution in [2.24, 2.45) is 0 Å². The zero-order valence-corrected chi connectivity index (χ0v) is 14.1. The van der Waals surface area contributed by atoms with Gasteiger partial charge < -0.3 is 15.1 Å². The van der Waals surface area contributed by atoms with E-state index in [0.29, 0.717) is 13.1 Å². The topological polar surface area (TPSA) is 61.4 Å². The number of rotatable bonds is 4. The summed E-state index contributed by atoms with van der Waals surface area (Å²) in [7, 11) is 0. The molecular weight excluding hydrogens is 302 g/mol. The van der Waals surface area contributed by atoms with Crippen molar-refractivity contribution in [2.45, 2.75) is 19.9 Å². The van der Waals surface area contributed by atoms with Crippen molar-refractivity contribution < 1.29 is 4.79 Å². The SMILES string of the molecule is Cc1ccc(NC(C)C(=O)N2CCN(c3ncccn3)CC2)cc1. The fraction of sp³-hybridized carbons (Fsp3) is 0.389. The second kappa shape index (κ2) is 7.29. The van der Waals surface area contributed by atoms with E-state index in [0.717, 1.165) is 24.7 Å². The monoisotopic (exact) mass is 325 g/mol. The van der Waals surface area contributed by atoms with Gasteiger partial charge in [0, 0.05) is 44.3 Å². The molecule has 24 heavy (non-hydrogen) atoms. The molecule has 1 unspecified atom stereocenters. The van der Waals surface area contributed by atoms with Gasteiger partial charge in [-0.2, -0.15) is 0 Å². The fourth-order valence-electron chi connectivity index (χ4n) is 2.82. The average Bonchev–Trinajstić information content (AvgIpc) is 2.64. The molecule has 1 saturated heterocycles. The molecule has 1 atom stereocenters. The number of carbonyl (C=O) groups is 1. The van der Waals surface area contributed by atoms with E-state index < -0.39 is 0 Å². The van der Waals surface area contributed by atoms with Crippen LogP contribution >= 0.6 is 0 Å². The van der Waals surface area contributed by atoms with E-state index in [2.05, 4.69) is 20.2 Å². The minimum Gasteiger partial charge on any atom is -0.374 e. The molecule has 3 rings (SSSR count). The number of anilines is 2. The lowest BCUT2D eigenvalue weighted by atomic mass is 10.2. The number of nitrogens with one attached hydrogen (secondary N) is 1. The Kier molecular flexibility index (Phi) is 4.93. The van der Waals surface area contributed by atoms with Crippen molar-refractivity contribution in [2.75, 3.05) is 36.4 Å². The van der Waals surface area contributed by atoms with Crippen LogP contribution in [-0.4, -0.2) is 53.0 Å². The van der Waals surface area contributed by atoms with Crippen molar-refractivity contribution in [1.82, 2.24) is 14.9 Å².